The highest BCUT2D eigenvalue weighted by molar-refractivity contribution is 7.46. The normalized spacial score (nSPS) is 14.3. The average Bonchev–Trinajstić information content (AvgIpc) is 3.14. The van der Waals surface area contributed by atoms with Crippen molar-refractivity contribution in [2.75, 3.05) is 13.2 Å². The zero-order chi connectivity index (χ0) is 25.8. The summed E-state index contributed by atoms with van der Waals surface area (Å²) in [5, 5.41) is 0. The van der Waals surface area contributed by atoms with Crippen LogP contribution in [-0.2, 0) is 27.9 Å². The summed E-state index contributed by atoms with van der Waals surface area (Å²) in [7, 11) is -4.63. The SMILES string of the molecule is CC(N)(CCc1ccc(C#CCOc2cc(C(F)(F)F)cc(C(F)(F)F)c2)s1)COP(=O)(O)O. The van der Waals surface area contributed by atoms with Crippen LogP contribution in [-0.4, -0.2) is 28.5 Å². The molecule has 0 saturated carbocycles. The van der Waals surface area contributed by atoms with Crippen LogP contribution in [0.3, 0.4) is 0 Å². The number of hydrogen-bond donors (Lipinski definition) is 3. The van der Waals surface area contributed by atoms with Crippen molar-refractivity contribution in [2.45, 2.75) is 37.7 Å². The lowest BCUT2D eigenvalue weighted by Crippen LogP contribution is -2.41. The van der Waals surface area contributed by atoms with E-state index >= 15 is 0 Å². The predicted octanol–water partition coefficient (Wildman–Crippen LogP) is 4.98. The first-order valence-corrected chi connectivity index (χ1v) is 11.8. The van der Waals surface area contributed by atoms with Crippen LogP contribution in [0.4, 0.5) is 26.3 Å². The Balaban J connectivity index is 1.97. The third-order valence-electron chi connectivity index (χ3n) is 4.25. The molecule has 34 heavy (non-hydrogen) atoms. The molecule has 2 rings (SSSR count). The van der Waals surface area contributed by atoms with E-state index in [1.807, 2.05) is 0 Å². The minimum absolute atomic E-state index is 0.0103. The lowest BCUT2D eigenvalue weighted by Gasteiger charge is -2.24. The van der Waals surface area contributed by atoms with Gasteiger partial charge in [-0.3, -0.25) is 4.52 Å². The maximum atomic E-state index is 12.9. The summed E-state index contributed by atoms with van der Waals surface area (Å²) < 4.78 is 97.5. The van der Waals surface area contributed by atoms with E-state index in [9.17, 15) is 30.9 Å². The molecule has 1 atom stereocenters. The molecule has 188 valence electrons. The second kappa shape index (κ2) is 10.7. The second-order valence-corrected chi connectivity index (χ2v) is 9.92. The van der Waals surface area contributed by atoms with Gasteiger partial charge >= 0.3 is 20.2 Å². The Morgan fingerprint density at radius 1 is 1.06 bits per heavy atom. The summed E-state index contributed by atoms with van der Waals surface area (Å²) >= 11 is 1.28. The highest BCUT2D eigenvalue weighted by Gasteiger charge is 2.37. The van der Waals surface area contributed by atoms with Gasteiger partial charge in [0.25, 0.3) is 0 Å². The monoisotopic (exact) mass is 531 g/mol. The van der Waals surface area contributed by atoms with Crippen molar-refractivity contribution in [3.63, 3.8) is 0 Å². The first kappa shape index (κ1) is 28.2. The van der Waals surface area contributed by atoms with Crippen molar-refractivity contribution < 1.29 is 50.0 Å². The molecule has 2 aromatic rings. The Morgan fingerprint density at radius 3 is 2.18 bits per heavy atom. The van der Waals surface area contributed by atoms with Gasteiger partial charge in [-0.05, 0) is 50.1 Å². The summed E-state index contributed by atoms with van der Waals surface area (Å²) in [6.07, 6.45) is -9.13. The van der Waals surface area contributed by atoms with Crippen LogP contribution in [0.2, 0.25) is 0 Å². The number of aryl methyl sites for hydroxylation is 1. The molecule has 14 heteroatoms. The van der Waals surface area contributed by atoms with Crippen molar-refractivity contribution in [1.82, 2.24) is 0 Å². The number of benzene rings is 1. The van der Waals surface area contributed by atoms with E-state index < -0.39 is 49.2 Å². The molecule has 4 N–H and O–H groups in total. The van der Waals surface area contributed by atoms with Gasteiger partial charge in [-0.15, -0.1) is 11.3 Å². The molecule has 1 heterocycles. The Hall–Kier alpha value is -2.07. The fourth-order valence-corrected chi connectivity index (χ4v) is 3.89. The van der Waals surface area contributed by atoms with E-state index in [2.05, 4.69) is 16.4 Å². The molecule has 0 aliphatic rings. The third kappa shape index (κ3) is 9.66. The second-order valence-electron chi connectivity index (χ2n) is 7.52. The van der Waals surface area contributed by atoms with E-state index in [0.29, 0.717) is 29.9 Å². The van der Waals surface area contributed by atoms with Gasteiger partial charge in [0, 0.05) is 10.4 Å². The van der Waals surface area contributed by atoms with Crippen molar-refractivity contribution in [2.24, 2.45) is 5.73 Å². The van der Waals surface area contributed by atoms with Gasteiger partial charge < -0.3 is 20.3 Å². The Kier molecular flexibility index (Phi) is 8.85. The number of thiophene rings is 1. The van der Waals surface area contributed by atoms with Crippen LogP contribution < -0.4 is 10.5 Å². The number of nitrogens with two attached hydrogens (primary N) is 1. The Labute approximate surface area is 194 Å². The van der Waals surface area contributed by atoms with E-state index in [1.165, 1.54) is 11.3 Å². The van der Waals surface area contributed by atoms with Crippen LogP contribution in [0, 0.1) is 11.8 Å². The van der Waals surface area contributed by atoms with Crippen molar-refractivity contribution in [3.05, 3.63) is 51.2 Å². The number of phosphoric ester groups is 1. The first-order chi connectivity index (χ1) is 15.4. The largest absolute Gasteiger partial charge is 0.481 e. The summed E-state index contributed by atoms with van der Waals surface area (Å²) in [5.74, 6) is 4.63. The lowest BCUT2D eigenvalue weighted by atomic mass is 9.98. The molecule has 0 bridgehead atoms. The topological polar surface area (TPSA) is 102 Å². The fourth-order valence-electron chi connectivity index (χ4n) is 2.54. The molecule has 6 nitrogen and oxygen atoms in total. The Bertz CT molecular complexity index is 1070. The van der Waals surface area contributed by atoms with Gasteiger partial charge in [-0.2, -0.15) is 26.3 Å². The summed E-state index contributed by atoms with van der Waals surface area (Å²) in [4.78, 5) is 18.9. The smallest absolute Gasteiger partial charge is 0.469 e. The first-order valence-electron chi connectivity index (χ1n) is 9.43. The highest BCUT2D eigenvalue weighted by atomic mass is 32.1. The average molecular weight is 531 g/mol. The molecule has 1 aromatic carbocycles. The van der Waals surface area contributed by atoms with Gasteiger partial charge in [0.1, 0.15) is 12.4 Å². The highest BCUT2D eigenvalue weighted by Crippen LogP contribution is 2.38. The van der Waals surface area contributed by atoms with Crippen molar-refractivity contribution in [3.8, 4) is 17.6 Å². The molecule has 0 fully saturated rings. The molecule has 0 aliphatic carbocycles. The molecule has 1 unspecified atom stereocenters. The van der Waals surface area contributed by atoms with E-state index in [0.717, 1.165) is 4.88 Å². The molecule has 0 amide bonds. The van der Waals surface area contributed by atoms with Gasteiger partial charge in [-0.25, -0.2) is 4.57 Å². The fraction of sp³-hybridized carbons (Fsp3) is 0.400. The van der Waals surface area contributed by atoms with E-state index in [4.69, 9.17) is 20.3 Å². The minimum Gasteiger partial charge on any atom is -0.481 e. The maximum Gasteiger partial charge on any atom is 0.469 e. The molecule has 0 radical (unpaired) electrons. The molecule has 0 spiro atoms. The zero-order valence-corrected chi connectivity index (χ0v) is 19.2. The van der Waals surface area contributed by atoms with E-state index in [1.54, 1.807) is 19.1 Å². The molecule has 1 aromatic heterocycles. The van der Waals surface area contributed by atoms with Crippen LogP contribution in [0.25, 0.3) is 0 Å². The van der Waals surface area contributed by atoms with Crippen LogP contribution in [0.1, 0.15) is 34.2 Å². The van der Waals surface area contributed by atoms with Crippen LogP contribution in [0.5, 0.6) is 5.75 Å². The third-order valence-corrected chi connectivity index (χ3v) is 5.78. The van der Waals surface area contributed by atoms with Gasteiger partial charge in [0.2, 0.25) is 0 Å². The number of halogens is 6. The number of rotatable bonds is 8. The standard InChI is InChI=1S/C20H20F6NO5PS/c1-18(27,12-32-33(28,29)30)7-6-17-5-4-16(34-17)3-2-8-31-15-10-13(19(21,22)23)9-14(11-15)20(24,25)26/h4-5,9-11H,6-8,12,27H2,1H3,(H2,28,29,30). The zero-order valence-electron chi connectivity index (χ0n) is 17.5. The summed E-state index contributed by atoms with van der Waals surface area (Å²) in [6, 6.07) is 4.37. The number of ether oxygens (including phenoxy) is 1. The van der Waals surface area contributed by atoms with Gasteiger partial charge in [-0.1, -0.05) is 11.8 Å². The predicted molar refractivity (Wildman–Crippen MR) is 112 cm³/mol. The molecule has 0 saturated heterocycles. The Morgan fingerprint density at radius 2 is 1.65 bits per heavy atom. The number of hydrogen-bond acceptors (Lipinski definition) is 5. The quantitative estimate of drug-likeness (QED) is 0.253. The number of alkyl halides is 6. The maximum absolute atomic E-state index is 12.9. The van der Waals surface area contributed by atoms with Crippen LogP contribution >= 0.6 is 19.2 Å². The molecular formula is C20H20F6NO5PS. The number of phosphoric acid groups is 1. The van der Waals surface area contributed by atoms with Gasteiger partial charge in [0.05, 0.1) is 22.6 Å². The lowest BCUT2D eigenvalue weighted by molar-refractivity contribution is -0.143. The molecule has 0 aliphatic heterocycles. The molecular weight excluding hydrogens is 511 g/mol. The van der Waals surface area contributed by atoms with Crippen LogP contribution in [0.15, 0.2) is 30.3 Å². The van der Waals surface area contributed by atoms with Gasteiger partial charge in [0.15, 0.2) is 0 Å². The summed E-state index contributed by atoms with van der Waals surface area (Å²) in [6.45, 7) is 0.789. The summed E-state index contributed by atoms with van der Waals surface area (Å²) in [5.41, 5.74) is 2.00. The minimum atomic E-state index is -4.97. The van der Waals surface area contributed by atoms with E-state index in [-0.39, 0.29) is 12.7 Å². The van der Waals surface area contributed by atoms with Crippen molar-refractivity contribution in [1.29, 1.82) is 0 Å². The van der Waals surface area contributed by atoms with Crippen molar-refractivity contribution >= 4 is 19.2 Å².